The number of carbonyl (C=O) groups excluding carboxylic acids is 1. The first-order valence-electron chi connectivity index (χ1n) is 11.6. The number of sulfonamides is 1. The Balaban J connectivity index is 1.19. The summed E-state index contributed by atoms with van der Waals surface area (Å²) in [5.74, 6) is 1.40. The number of benzene rings is 3. The van der Waals surface area contributed by atoms with Crippen LogP contribution in [-0.2, 0) is 16.6 Å². The van der Waals surface area contributed by atoms with Crippen LogP contribution in [0.3, 0.4) is 0 Å². The molecule has 0 atom stereocenters. The Morgan fingerprint density at radius 2 is 1.67 bits per heavy atom. The number of halogens is 1. The summed E-state index contributed by atoms with van der Waals surface area (Å²) in [5.41, 5.74) is 2.74. The number of fused-ring (bicyclic) bond motifs is 1. The van der Waals surface area contributed by atoms with E-state index in [1.807, 2.05) is 25.1 Å². The van der Waals surface area contributed by atoms with Crippen LogP contribution in [0.2, 0.25) is 5.02 Å². The average molecular weight is 528 g/mol. The molecule has 36 heavy (non-hydrogen) atoms. The second kappa shape index (κ2) is 10.0. The molecule has 0 saturated carbocycles. The molecule has 2 aliphatic rings. The molecular formula is C26H26ClN3O5S. The number of hydrogen-bond donors (Lipinski definition) is 1. The highest BCUT2D eigenvalue weighted by Gasteiger charge is 2.24. The van der Waals surface area contributed by atoms with Gasteiger partial charge in [-0.05, 0) is 55.0 Å². The van der Waals surface area contributed by atoms with Crippen molar-refractivity contribution in [2.24, 2.45) is 0 Å². The van der Waals surface area contributed by atoms with Gasteiger partial charge in [0, 0.05) is 38.3 Å². The number of carbonyl (C=O) groups is 1. The van der Waals surface area contributed by atoms with Crippen molar-refractivity contribution in [1.82, 2.24) is 9.80 Å². The Kier molecular flexibility index (Phi) is 6.79. The average Bonchev–Trinajstić information content (AvgIpc) is 3.33. The largest absolute Gasteiger partial charge is 0.454 e. The molecule has 0 unspecified atom stereocenters. The van der Waals surface area contributed by atoms with E-state index in [0.29, 0.717) is 18.7 Å². The van der Waals surface area contributed by atoms with E-state index in [4.69, 9.17) is 21.1 Å². The maximum absolute atomic E-state index is 13.1. The van der Waals surface area contributed by atoms with E-state index in [1.54, 1.807) is 23.1 Å². The molecule has 0 spiro atoms. The Labute approximate surface area is 215 Å². The van der Waals surface area contributed by atoms with Crippen LogP contribution < -0.4 is 14.2 Å². The van der Waals surface area contributed by atoms with Gasteiger partial charge in [0.05, 0.1) is 15.6 Å². The lowest BCUT2D eigenvalue weighted by molar-refractivity contribution is 0.0628. The number of rotatable bonds is 6. The number of piperazine rings is 1. The second-order valence-electron chi connectivity index (χ2n) is 8.87. The summed E-state index contributed by atoms with van der Waals surface area (Å²) in [5, 5.41) is 0.165. The number of nitrogens with zero attached hydrogens (tertiary/aromatic N) is 2. The van der Waals surface area contributed by atoms with Crippen LogP contribution in [0.25, 0.3) is 0 Å². The highest BCUT2D eigenvalue weighted by molar-refractivity contribution is 7.92. The minimum absolute atomic E-state index is 0.132. The highest BCUT2D eigenvalue weighted by atomic mass is 35.5. The third kappa shape index (κ3) is 5.28. The minimum atomic E-state index is -3.79. The molecule has 10 heteroatoms. The van der Waals surface area contributed by atoms with Crippen molar-refractivity contribution >= 4 is 33.2 Å². The molecule has 3 aromatic carbocycles. The lowest BCUT2D eigenvalue weighted by Crippen LogP contribution is -2.48. The maximum atomic E-state index is 13.1. The van der Waals surface area contributed by atoms with Crippen molar-refractivity contribution in [2.45, 2.75) is 18.4 Å². The van der Waals surface area contributed by atoms with Crippen molar-refractivity contribution in [3.05, 3.63) is 82.4 Å². The molecule has 188 valence electrons. The summed E-state index contributed by atoms with van der Waals surface area (Å²) in [6, 6.07) is 17.1. The van der Waals surface area contributed by atoms with Gasteiger partial charge in [-0.3, -0.25) is 14.4 Å². The Bertz CT molecular complexity index is 1390. The summed E-state index contributed by atoms with van der Waals surface area (Å²) in [6.07, 6.45) is 0. The van der Waals surface area contributed by atoms with E-state index in [2.05, 4.69) is 9.62 Å². The van der Waals surface area contributed by atoms with Crippen LogP contribution in [0.4, 0.5) is 5.69 Å². The van der Waals surface area contributed by atoms with Gasteiger partial charge < -0.3 is 14.4 Å². The smallest absolute Gasteiger partial charge is 0.261 e. The van der Waals surface area contributed by atoms with Gasteiger partial charge in [-0.2, -0.15) is 0 Å². The molecule has 1 saturated heterocycles. The van der Waals surface area contributed by atoms with Gasteiger partial charge in [-0.15, -0.1) is 0 Å². The van der Waals surface area contributed by atoms with E-state index in [9.17, 15) is 13.2 Å². The Hall–Kier alpha value is -3.27. The van der Waals surface area contributed by atoms with Gasteiger partial charge >= 0.3 is 0 Å². The normalized spacial score (nSPS) is 15.7. The minimum Gasteiger partial charge on any atom is -0.454 e. The topological polar surface area (TPSA) is 88.2 Å². The van der Waals surface area contributed by atoms with Crippen LogP contribution in [0.5, 0.6) is 11.5 Å². The molecule has 0 aromatic heterocycles. The summed E-state index contributed by atoms with van der Waals surface area (Å²) in [7, 11) is -3.79. The predicted octanol–water partition coefficient (Wildman–Crippen LogP) is 4.14. The zero-order valence-corrected chi connectivity index (χ0v) is 21.3. The fraction of sp³-hybridized carbons (Fsp3) is 0.269. The summed E-state index contributed by atoms with van der Waals surface area (Å²) >= 11 is 6.36. The zero-order valence-electron chi connectivity index (χ0n) is 19.7. The SMILES string of the molecule is Cc1ccc(S(=O)(=O)Nc2ccc(C(=O)N3CCN(Cc4ccc5c(c4)OCO5)CC3)cc2Cl)cc1. The van der Waals surface area contributed by atoms with Crippen LogP contribution in [0, 0.1) is 6.92 Å². The lowest BCUT2D eigenvalue weighted by Gasteiger charge is -2.35. The molecule has 0 bridgehead atoms. The van der Waals surface area contributed by atoms with Crippen LogP contribution >= 0.6 is 11.6 Å². The van der Waals surface area contributed by atoms with Crippen LogP contribution in [-0.4, -0.2) is 57.1 Å². The maximum Gasteiger partial charge on any atom is 0.261 e. The standard InChI is InChI=1S/C26H26ClN3O5S/c1-18-2-6-21(7-3-18)36(32,33)28-23-8-5-20(15-22(23)27)26(31)30-12-10-29(11-13-30)16-19-4-9-24-25(14-19)35-17-34-24/h2-9,14-15,28H,10-13,16-17H2,1H3. The number of aryl methyl sites for hydroxylation is 1. The molecule has 2 heterocycles. The van der Waals surface area contributed by atoms with E-state index in [0.717, 1.165) is 42.3 Å². The van der Waals surface area contributed by atoms with Gasteiger partial charge in [0.25, 0.3) is 15.9 Å². The van der Waals surface area contributed by atoms with Gasteiger partial charge in [-0.1, -0.05) is 35.4 Å². The van der Waals surface area contributed by atoms with Crippen molar-refractivity contribution in [3.8, 4) is 11.5 Å². The number of nitrogens with one attached hydrogen (secondary N) is 1. The van der Waals surface area contributed by atoms with Gasteiger partial charge in [0.2, 0.25) is 6.79 Å². The first kappa shape index (κ1) is 24.4. The van der Waals surface area contributed by atoms with Crippen molar-refractivity contribution < 1.29 is 22.7 Å². The Morgan fingerprint density at radius 3 is 2.39 bits per heavy atom. The lowest BCUT2D eigenvalue weighted by atomic mass is 10.1. The molecule has 0 radical (unpaired) electrons. The second-order valence-corrected chi connectivity index (χ2v) is 11.0. The van der Waals surface area contributed by atoms with Gasteiger partial charge in [0.15, 0.2) is 11.5 Å². The summed E-state index contributed by atoms with van der Waals surface area (Å²) in [6.45, 7) is 5.55. The van der Waals surface area contributed by atoms with Crippen LogP contribution in [0.1, 0.15) is 21.5 Å². The monoisotopic (exact) mass is 527 g/mol. The molecule has 1 fully saturated rings. The predicted molar refractivity (Wildman–Crippen MR) is 137 cm³/mol. The molecule has 1 N–H and O–H groups in total. The number of hydrogen-bond acceptors (Lipinski definition) is 6. The first-order valence-corrected chi connectivity index (χ1v) is 13.4. The fourth-order valence-electron chi connectivity index (χ4n) is 4.24. The summed E-state index contributed by atoms with van der Waals surface area (Å²) in [4.78, 5) is 17.3. The highest BCUT2D eigenvalue weighted by Crippen LogP contribution is 2.33. The first-order chi connectivity index (χ1) is 17.3. The number of amides is 1. The molecule has 8 nitrogen and oxygen atoms in total. The van der Waals surface area contributed by atoms with Crippen molar-refractivity contribution in [1.29, 1.82) is 0 Å². The molecule has 5 rings (SSSR count). The Morgan fingerprint density at radius 1 is 0.944 bits per heavy atom. The van der Waals surface area contributed by atoms with E-state index < -0.39 is 10.0 Å². The molecule has 2 aliphatic heterocycles. The van der Waals surface area contributed by atoms with Gasteiger partial charge in [-0.25, -0.2) is 8.42 Å². The zero-order chi connectivity index (χ0) is 25.3. The van der Waals surface area contributed by atoms with Gasteiger partial charge in [0.1, 0.15) is 0 Å². The molecular weight excluding hydrogens is 502 g/mol. The fourth-order valence-corrected chi connectivity index (χ4v) is 5.60. The quantitative estimate of drug-likeness (QED) is 0.518. The molecule has 0 aliphatic carbocycles. The number of anilines is 1. The van der Waals surface area contributed by atoms with E-state index in [1.165, 1.54) is 24.3 Å². The van der Waals surface area contributed by atoms with E-state index in [-0.39, 0.29) is 28.3 Å². The van der Waals surface area contributed by atoms with Crippen molar-refractivity contribution in [2.75, 3.05) is 37.7 Å². The molecule has 3 aromatic rings. The summed E-state index contributed by atoms with van der Waals surface area (Å²) < 4.78 is 38.7. The van der Waals surface area contributed by atoms with Crippen molar-refractivity contribution in [3.63, 3.8) is 0 Å². The van der Waals surface area contributed by atoms with E-state index >= 15 is 0 Å². The van der Waals surface area contributed by atoms with Crippen LogP contribution in [0.15, 0.2) is 65.6 Å². The third-order valence-electron chi connectivity index (χ3n) is 6.29. The number of ether oxygens (including phenoxy) is 2. The third-order valence-corrected chi connectivity index (χ3v) is 7.99. The molecule has 1 amide bonds.